The van der Waals surface area contributed by atoms with Gasteiger partial charge >= 0.3 is 0 Å². The Labute approximate surface area is 161 Å². The maximum atomic E-state index is 12.7. The second-order valence-corrected chi connectivity index (χ2v) is 7.19. The first-order valence-electron chi connectivity index (χ1n) is 9.31. The Kier molecular flexibility index (Phi) is 7.41. The van der Waals surface area contributed by atoms with Gasteiger partial charge in [0.2, 0.25) is 0 Å². The molecular weight excluding hydrogens is 340 g/mol. The van der Waals surface area contributed by atoms with Crippen molar-refractivity contribution >= 4 is 17.5 Å². The molecule has 2 N–H and O–H groups in total. The molecule has 2 amide bonds. The molecule has 0 aliphatic carbocycles. The third-order valence-corrected chi connectivity index (χ3v) is 3.89. The van der Waals surface area contributed by atoms with Crippen LogP contribution in [0.3, 0.4) is 0 Å². The highest BCUT2D eigenvalue weighted by Crippen LogP contribution is 2.21. The van der Waals surface area contributed by atoms with E-state index in [1.54, 1.807) is 42.5 Å². The summed E-state index contributed by atoms with van der Waals surface area (Å²) in [6, 6.07) is 14.1. The molecule has 0 unspecified atom stereocenters. The van der Waals surface area contributed by atoms with Crippen LogP contribution in [-0.4, -0.2) is 24.5 Å². The van der Waals surface area contributed by atoms with Gasteiger partial charge in [-0.05, 0) is 56.5 Å². The second kappa shape index (κ2) is 9.76. The Morgan fingerprint density at radius 2 is 1.70 bits per heavy atom. The van der Waals surface area contributed by atoms with Crippen LogP contribution >= 0.6 is 0 Å². The van der Waals surface area contributed by atoms with Crippen molar-refractivity contribution in [3.05, 3.63) is 59.7 Å². The van der Waals surface area contributed by atoms with Gasteiger partial charge in [0, 0.05) is 17.3 Å². The number of carbonyl (C=O) groups excluding carboxylic acids is 2. The maximum absolute atomic E-state index is 12.7. The molecule has 0 heterocycles. The molecule has 5 heteroatoms. The van der Waals surface area contributed by atoms with E-state index in [4.69, 9.17) is 4.74 Å². The molecule has 5 nitrogen and oxygen atoms in total. The number of ether oxygens (including phenoxy) is 1. The molecule has 2 aromatic rings. The minimum absolute atomic E-state index is 0.0469. The smallest absolute Gasteiger partial charge is 0.259 e. The molecule has 0 saturated heterocycles. The fourth-order valence-corrected chi connectivity index (χ4v) is 2.47. The first-order valence-corrected chi connectivity index (χ1v) is 9.31. The highest BCUT2D eigenvalue weighted by Gasteiger charge is 2.14. The first-order chi connectivity index (χ1) is 12.9. The van der Waals surface area contributed by atoms with Crippen molar-refractivity contribution in [2.75, 3.05) is 11.9 Å². The number of para-hydroxylation sites is 1. The average molecular weight is 368 g/mol. The van der Waals surface area contributed by atoms with Gasteiger partial charge in [-0.1, -0.05) is 32.0 Å². The van der Waals surface area contributed by atoms with Crippen LogP contribution in [0.15, 0.2) is 48.5 Å². The van der Waals surface area contributed by atoms with Gasteiger partial charge < -0.3 is 15.4 Å². The maximum Gasteiger partial charge on any atom is 0.259 e. The van der Waals surface area contributed by atoms with Crippen LogP contribution in [0.1, 0.15) is 54.8 Å². The van der Waals surface area contributed by atoms with E-state index in [2.05, 4.69) is 24.5 Å². The van der Waals surface area contributed by atoms with Crippen LogP contribution in [0, 0.1) is 5.92 Å². The fourth-order valence-electron chi connectivity index (χ4n) is 2.47. The van der Waals surface area contributed by atoms with E-state index in [0.717, 1.165) is 6.42 Å². The second-order valence-electron chi connectivity index (χ2n) is 7.19. The van der Waals surface area contributed by atoms with E-state index < -0.39 is 0 Å². The van der Waals surface area contributed by atoms with E-state index in [-0.39, 0.29) is 17.9 Å². The fraction of sp³-hybridized carbons (Fsp3) is 0.364. The zero-order valence-corrected chi connectivity index (χ0v) is 16.4. The number of benzene rings is 2. The molecule has 2 rings (SSSR count). The van der Waals surface area contributed by atoms with Crippen molar-refractivity contribution < 1.29 is 14.3 Å². The Morgan fingerprint density at radius 1 is 0.963 bits per heavy atom. The number of anilines is 1. The van der Waals surface area contributed by atoms with Gasteiger partial charge in [0.1, 0.15) is 5.75 Å². The molecule has 0 fully saturated rings. The molecule has 27 heavy (non-hydrogen) atoms. The van der Waals surface area contributed by atoms with Gasteiger partial charge in [-0.25, -0.2) is 0 Å². The Bertz CT molecular complexity index is 785. The molecule has 0 bridgehead atoms. The molecule has 0 aromatic heterocycles. The number of amides is 2. The predicted octanol–water partition coefficient (Wildman–Crippen LogP) is 4.50. The standard InChI is InChI=1S/C22H28N2O3/c1-15(2)12-13-27-20-11-6-5-10-19(20)22(26)24-18-9-7-8-17(14-18)21(25)23-16(3)4/h5-11,14-16H,12-13H2,1-4H3,(H,23,25)(H,24,26). The lowest BCUT2D eigenvalue weighted by atomic mass is 10.1. The Morgan fingerprint density at radius 3 is 2.41 bits per heavy atom. The summed E-state index contributed by atoms with van der Waals surface area (Å²) in [5.74, 6) is 0.658. The monoisotopic (exact) mass is 368 g/mol. The largest absolute Gasteiger partial charge is 0.493 e. The Hall–Kier alpha value is -2.82. The first kappa shape index (κ1) is 20.5. The van der Waals surface area contributed by atoms with Crippen LogP contribution in [-0.2, 0) is 0 Å². The zero-order valence-electron chi connectivity index (χ0n) is 16.4. The van der Waals surface area contributed by atoms with Gasteiger partial charge in [0.15, 0.2) is 0 Å². The molecule has 0 aliphatic rings. The van der Waals surface area contributed by atoms with E-state index in [9.17, 15) is 9.59 Å². The minimum atomic E-state index is -0.267. The highest BCUT2D eigenvalue weighted by atomic mass is 16.5. The summed E-state index contributed by atoms with van der Waals surface area (Å²) in [7, 11) is 0. The lowest BCUT2D eigenvalue weighted by molar-refractivity contribution is 0.0941. The third kappa shape index (κ3) is 6.44. The van der Waals surface area contributed by atoms with Crippen LogP contribution in [0.2, 0.25) is 0 Å². The SMILES string of the molecule is CC(C)CCOc1ccccc1C(=O)Nc1cccc(C(=O)NC(C)C)c1. The third-order valence-electron chi connectivity index (χ3n) is 3.89. The summed E-state index contributed by atoms with van der Waals surface area (Å²) in [4.78, 5) is 24.8. The molecule has 0 aliphatic heterocycles. The average Bonchev–Trinajstić information content (AvgIpc) is 2.61. The summed E-state index contributed by atoms with van der Waals surface area (Å²) in [6.07, 6.45) is 0.920. The number of hydrogen-bond acceptors (Lipinski definition) is 3. The number of rotatable bonds is 8. The van der Waals surface area contributed by atoms with Crippen molar-refractivity contribution in [2.24, 2.45) is 5.92 Å². The molecule has 0 radical (unpaired) electrons. The number of hydrogen-bond donors (Lipinski definition) is 2. The van der Waals surface area contributed by atoms with Gasteiger partial charge in [-0.2, -0.15) is 0 Å². The topological polar surface area (TPSA) is 67.4 Å². The molecule has 2 aromatic carbocycles. The van der Waals surface area contributed by atoms with Crippen molar-refractivity contribution in [1.82, 2.24) is 5.32 Å². The normalized spacial score (nSPS) is 10.7. The van der Waals surface area contributed by atoms with Crippen molar-refractivity contribution in [1.29, 1.82) is 0 Å². The number of nitrogens with one attached hydrogen (secondary N) is 2. The van der Waals surface area contributed by atoms with Crippen molar-refractivity contribution in [3.8, 4) is 5.75 Å². The van der Waals surface area contributed by atoms with Crippen molar-refractivity contribution in [2.45, 2.75) is 40.2 Å². The van der Waals surface area contributed by atoms with Gasteiger partial charge in [0.25, 0.3) is 11.8 Å². The quantitative estimate of drug-likeness (QED) is 0.721. The molecule has 0 atom stereocenters. The van der Waals surface area contributed by atoms with Crippen LogP contribution in [0.4, 0.5) is 5.69 Å². The number of carbonyl (C=O) groups is 2. The minimum Gasteiger partial charge on any atom is -0.493 e. The zero-order chi connectivity index (χ0) is 19.8. The van der Waals surface area contributed by atoms with Gasteiger partial charge in [0.05, 0.1) is 12.2 Å². The van der Waals surface area contributed by atoms with E-state index >= 15 is 0 Å². The lowest BCUT2D eigenvalue weighted by Gasteiger charge is -2.13. The summed E-state index contributed by atoms with van der Waals surface area (Å²) in [5.41, 5.74) is 1.54. The highest BCUT2D eigenvalue weighted by molar-refractivity contribution is 6.06. The molecular formula is C22H28N2O3. The summed E-state index contributed by atoms with van der Waals surface area (Å²) in [6.45, 7) is 8.63. The van der Waals surface area contributed by atoms with Crippen LogP contribution in [0.25, 0.3) is 0 Å². The van der Waals surface area contributed by atoms with E-state index in [0.29, 0.717) is 35.1 Å². The van der Waals surface area contributed by atoms with Crippen LogP contribution in [0.5, 0.6) is 5.75 Å². The summed E-state index contributed by atoms with van der Waals surface area (Å²) < 4.78 is 5.79. The van der Waals surface area contributed by atoms with Gasteiger partial charge in [-0.3, -0.25) is 9.59 Å². The predicted molar refractivity (Wildman–Crippen MR) is 108 cm³/mol. The Balaban J connectivity index is 2.10. The molecule has 0 saturated carbocycles. The summed E-state index contributed by atoms with van der Waals surface area (Å²) in [5, 5.41) is 5.69. The van der Waals surface area contributed by atoms with Crippen LogP contribution < -0.4 is 15.4 Å². The van der Waals surface area contributed by atoms with Gasteiger partial charge in [-0.15, -0.1) is 0 Å². The summed E-state index contributed by atoms with van der Waals surface area (Å²) >= 11 is 0. The molecule has 144 valence electrons. The lowest BCUT2D eigenvalue weighted by Crippen LogP contribution is -2.30. The van der Waals surface area contributed by atoms with E-state index in [1.165, 1.54) is 0 Å². The van der Waals surface area contributed by atoms with Crippen molar-refractivity contribution in [3.63, 3.8) is 0 Å². The molecule has 0 spiro atoms. The van der Waals surface area contributed by atoms with E-state index in [1.807, 2.05) is 19.9 Å².